The van der Waals surface area contributed by atoms with E-state index in [-0.39, 0.29) is 23.2 Å². The molecule has 1 N–H and O–H groups in total. The first-order valence-electron chi connectivity index (χ1n) is 8.91. The molecule has 1 aliphatic heterocycles. The van der Waals surface area contributed by atoms with Gasteiger partial charge in [-0.15, -0.1) is 11.3 Å². The summed E-state index contributed by atoms with van der Waals surface area (Å²) in [5.41, 5.74) is 0.119. The van der Waals surface area contributed by atoms with Crippen LogP contribution in [0.15, 0.2) is 17.6 Å². The fraction of sp³-hybridized carbons (Fsp3) is 0.500. The van der Waals surface area contributed by atoms with E-state index < -0.39 is 18.4 Å². The molecule has 0 aromatic carbocycles. The normalized spacial score (nSPS) is 17.0. The van der Waals surface area contributed by atoms with Crippen LogP contribution in [0.5, 0.6) is 0 Å². The van der Waals surface area contributed by atoms with E-state index in [0.717, 1.165) is 0 Å². The summed E-state index contributed by atoms with van der Waals surface area (Å²) in [5.74, 6) is -0.544. The van der Waals surface area contributed by atoms with Crippen LogP contribution in [0.25, 0.3) is 0 Å². The van der Waals surface area contributed by atoms with Crippen LogP contribution in [0.4, 0.5) is 19.5 Å². The van der Waals surface area contributed by atoms with Gasteiger partial charge in [-0.1, -0.05) is 13.8 Å². The van der Waals surface area contributed by atoms with Crippen molar-refractivity contribution >= 4 is 33.9 Å². The largest absolute Gasteiger partial charge is 0.465 e. The summed E-state index contributed by atoms with van der Waals surface area (Å²) in [7, 11) is 1.28. The van der Waals surface area contributed by atoms with Crippen LogP contribution in [-0.4, -0.2) is 41.4 Å². The minimum Gasteiger partial charge on any atom is -0.465 e. The van der Waals surface area contributed by atoms with Crippen molar-refractivity contribution in [3.05, 3.63) is 28.9 Å². The number of anilines is 2. The summed E-state index contributed by atoms with van der Waals surface area (Å²) >= 11 is 1.26. The Hall–Kier alpha value is -2.49. The smallest absolute Gasteiger partial charge is 0.340 e. The summed E-state index contributed by atoms with van der Waals surface area (Å²) < 4.78 is 33.0. The zero-order valence-electron chi connectivity index (χ0n) is 15.8. The Balaban J connectivity index is 1.79. The third-order valence-electron chi connectivity index (χ3n) is 4.38. The number of thiophene rings is 1. The second kappa shape index (κ2) is 8.26. The van der Waals surface area contributed by atoms with Crippen LogP contribution in [0, 0.1) is 5.92 Å². The molecule has 3 heterocycles. The van der Waals surface area contributed by atoms with Crippen molar-refractivity contribution in [1.82, 2.24) is 9.78 Å². The van der Waals surface area contributed by atoms with Crippen LogP contribution in [0.3, 0.4) is 0 Å². The van der Waals surface area contributed by atoms with Gasteiger partial charge in [0.15, 0.2) is 5.69 Å². The van der Waals surface area contributed by atoms with E-state index in [1.165, 1.54) is 34.2 Å². The zero-order valence-corrected chi connectivity index (χ0v) is 16.6. The first-order valence-corrected chi connectivity index (χ1v) is 9.79. The lowest BCUT2D eigenvalue weighted by molar-refractivity contribution is -0.117. The predicted octanol–water partition coefficient (Wildman–Crippen LogP) is 3.54. The van der Waals surface area contributed by atoms with E-state index in [4.69, 9.17) is 4.74 Å². The number of rotatable bonds is 7. The quantitative estimate of drug-likeness (QED) is 0.704. The Morgan fingerprint density at radius 2 is 2.21 bits per heavy atom. The van der Waals surface area contributed by atoms with Crippen LogP contribution in [0.2, 0.25) is 0 Å². The van der Waals surface area contributed by atoms with Crippen LogP contribution in [0.1, 0.15) is 42.7 Å². The van der Waals surface area contributed by atoms with Crippen molar-refractivity contribution in [2.75, 3.05) is 23.9 Å². The van der Waals surface area contributed by atoms with Crippen LogP contribution < -0.4 is 10.2 Å². The number of halogens is 2. The number of nitrogens with one attached hydrogen (secondary N) is 1. The van der Waals surface area contributed by atoms with Crippen LogP contribution >= 0.6 is 11.3 Å². The Morgan fingerprint density at radius 1 is 1.46 bits per heavy atom. The van der Waals surface area contributed by atoms with E-state index in [2.05, 4.69) is 10.4 Å². The number of methoxy groups -OCH3 is 1. The number of alkyl halides is 2. The van der Waals surface area contributed by atoms with Crippen molar-refractivity contribution < 1.29 is 23.1 Å². The number of nitrogens with zero attached hydrogens (tertiary/aromatic N) is 3. The molecular formula is C18H22F2N4O3S. The molecule has 1 fully saturated rings. The maximum Gasteiger partial charge on any atom is 0.340 e. The monoisotopic (exact) mass is 412 g/mol. The van der Waals surface area contributed by atoms with Gasteiger partial charge in [-0.25, -0.2) is 13.6 Å². The number of hydrogen-bond donors (Lipinski definition) is 1. The third kappa shape index (κ3) is 4.01. The van der Waals surface area contributed by atoms with Crippen molar-refractivity contribution in [1.29, 1.82) is 0 Å². The highest BCUT2D eigenvalue weighted by molar-refractivity contribution is 7.14. The molecule has 0 radical (unpaired) electrons. The van der Waals surface area contributed by atoms with E-state index in [1.807, 2.05) is 13.8 Å². The first kappa shape index (κ1) is 20.2. The topological polar surface area (TPSA) is 76.5 Å². The molecule has 0 aliphatic carbocycles. The van der Waals surface area contributed by atoms with Crippen molar-refractivity contribution in [3.63, 3.8) is 0 Å². The zero-order chi connectivity index (χ0) is 20.4. The lowest BCUT2D eigenvalue weighted by atomic mass is 10.2. The number of amides is 1. The molecule has 0 spiro atoms. The molecule has 0 bridgehead atoms. The maximum atomic E-state index is 13.4. The first-order chi connectivity index (χ1) is 13.3. The molecule has 0 saturated carbocycles. The van der Waals surface area contributed by atoms with Gasteiger partial charge in [0.25, 0.3) is 6.43 Å². The lowest BCUT2D eigenvalue weighted by Crippen LogP contribution is -2.33. The Labute approximate surface area is 165 Å². The molecule has 1 atom stereocenters. The second-order valence-electron chi connectivity index (χ2n) is 6.95. The summed E-state index contributed by atoms with van der Waals surface area (Å²) in [6, 6.07) is 0.937. The number of carbonyl (C=O) groups is 2. The highest BCUT2D eigenvalue weighted by atomic mass is 32.1. The number of ether oxygens (including phenoxy) is 1. The van der Waals surface area contributed by atoms with E-state index >= 15 is 0 Å². The van der Waals surface area contributed by atoms with E-state index in [1.54, 1.807) is 11.4 Å². The molecule has 28 heavy (non-hydrogen) atoms. The van der Waals surface area contributed by atoms with Gasteiger partial charge in [-0.05, 0) is 23.8 Å². The fourth-order valence-corrected chi connectivity index (χ4v) is 4.08. The molecule has 152 valence electrons. The van der Waals surface area contributed by atoms with Gasteiger partial charge < -0.3 is 15.0 Å². The Bertz CT molecular complexity index is 865. The SMILES string of the molecule is COC(=O)c1ccsc1N1CCC(Nc2cn(CC(C)C)nc2C(F)F)C1=O. The highest BCUT2D eigenvalue weighted by Gasteiger charge is 2.36. The molecule has 1 saturated heterocycles. The minimum absolute atomic E-state index is 0.162. The number of carbonyl (C=O) groups excluding carboxylic acids is 2. The summed E-state index contributed by atoms with van der Waals surface area (Å²) in [6.07, 6.45) is -0.801. The average Bonchev–Trinajstić information content (AvgIpc) is 3.34. The molecule has 1 amide bonds. The summed E-state index contributed by atoms with van der Waals surface area (Å²) in [4.78, 5) is 26.2. The van der Waals surface area contributed by atoms with Crippen molar-refractivity contribution in [3.8, 4) is 0 Å². The molecule has 7 nitrogen and oxygen atoms in total. The molecule has 2 aromatic heterocycles. The molecule has 1 unspecified atom stereocenters. The maximum absolute atomic E-state index is 13.4. The van der Waals surface area contributed by atoms with Gasteiger partial charge in [0, 0.05) is 19.3 Å². The van der Waals surface area contributed by atoms with Gasteiger partial charge in [0.1, 0.15) is 11.0 Å². The minimum atomic E-state index is -2.74. The number of hydrogen-bond acceptors (Lipinski definition) is 6. The highest BCUT2D eigenvalue weighted by Crippen LogP contribution is 2.33. The fourth-order valence-electron chi connectivity index (χ4n) is 3.16. The predicted molar refractivity (Wildman–Crippen MR) is 102 cm³/mol. The van der Waals surface area contributed by atoms with Crippen molar-refractivity contribution in [2.45, 2.75) is 39.3 Å². The van der Waals surface area contributed by atoms with Crippen molar-refractivity contribution in [2.24, 2.45) is 5.92 Å². The third-order valence-corrected chi connectivity index (χ3v) is 5.32. The Morgan fingerprint density at radius 3 is 2.86 bits per heavy atom. The van der Waals surface area contributed by atoms with E-state index in [9.17, 15) is 18.4 Å². The summed E-state index contributed by atoms with van der Waals surface area (Å²) in [5, 5.41) is 9.09. The molecule has 1 aliphatic rings. The standard InChI is InChI=1S/C18H22F2N4O3S/c1-10(2)8-23-9-13(14(22-23)15(19)20)21-12-4-6-24(16(12)25)17-11(5-7-28-17)18(26)27-3/h5,7,9-10,12,15,21H,4,6,8H2,1-3H3. The molecule has 3 rings (SSSR count). The molecular weight excluding hydrogens is 390 g/mol. The summed E-state index contributed by atoms with van der Waals surface area (Å²) in [6.45, 7) is 4.82. The molecule has 2 aromatic rings. The average molecular weight is 412 g/mol. The second-order valence-corrected chi connectivity index (χ2v) is 7.85. The van der Waals surface area contributed by atoms with Crippen LogP contribution in [-0.2, 0) is 16.1 Å². The lowest BCUT2D eigenvalue weighted by Gasteiger charge is -2.17. The van der Waals surface area contributed by atoms with Gasteiger partial charge in [-0.3, -0.25) is 9.48 Å². The van der Waals surface area contributed by atoms with E-state index in [0.29, 0.717) is 30.1 Å². The van der Waals surface area contributed by atoms with Gasteiger partial charge >= 0.3 is 5.97 Å². The number of aromatic nitrogens is 2. The molecule has 10 heteroatoms. The Kier molecular flexibility index (Phi) is 5.97. The van der Waals surface area contributed by atoms with Gasteiger partial charge in [0.05, 0.1) is 18.4 Å². The van der Waals surface area contributed by atoms with Gasteiger partial charge in [-0.2, -0.15) is 5.10 Å². The number of esters is 1. The van der Waals surface area contributed by atoms with Gasteiger partial charge in [0.2, 0.25) is 5.91 Å².